The molecule has 0 aromatic carbocycles. The molecule has 0 spiro atoms. The van der Waals surface area contributed by atoms with Gasteiger partial charge in [0.05, 0.1) is 21.1 Å². The van der Waals surface area contributed by atoms with Gasteiger partial charge in [-0.15, -0.1) is 0 Å². The van der Waals surface area contributed by atoms with E-state index in [1.54, 1.807) is 0 Å². The van der Waals surface area contributed by atoms with Gasteiger partial charge >= 0.3 is 23.9 Å². The summed E-state index contributed by atoms with van der Waals surface area (Å²) < 4.78 is 25.4. The summed E-state index contributed by atoms with van der Waals surface area (Å²) in [5.41, 5.74) is 16.7. The SMILES string of the molecule is C[C@H](CCC(=O)OCC[N+](C)(C)C)[C@H]1CC[C@H]2[C@@H]3[C@H](OC(=O)CCCN)C[C@@H]4C[C@H](OC(=O)CCCN)CC[C@]4(C)[C@H]3C[C@H](OC(=O)CCCN)[C@]12C. The van der Waals surface area contributed by atoms with E-state index in [2.05, 4.69) is 41.9 Å². The number of carbonyl (C=O) groups is 4. The zero-order chi connectivity index (χ0) is 39.0. The van der Waals surface area contributed by atoms with Gasteiger partial charge in [-0.1, -0.05) is 20.8 Å². The molecule has 4 aliphatic carbocycles. The summed E-state index contributed by atoms with van der Waals surface area (Å²) in [4.78, 5) is 52.3. The van der Waals surface area contributed by atoms with Crippen molar-refractivity contribution < 1.29 is 42.6 Å². The molecule has 4 saturated carbocycles. The summed E-state index contributed by atoms with van der Waals surface area (Å²) in [5, 5.41) is 0. The first kappa shape index (κ1) is 43.4. The van der Waals surface area contributed by atoms with Gasteiger partial charge in [0, 0.05) is 37.0 Å². The fourth-order valence-corrected chi connectivity index (χ4v) is 10.9. The first-order valence-electron chi connectivity index (χ1n) is 20.7. The number of fused-ring (bicyclic) bond motifs is 5. The van der Waals surface area contributed by atoms with Crippen LogP contribution in [-0.2, 0) is 38.1 Å². The molecule has 53 heavy (non-hydrogen) atoms. The maximum Gasteiger partial charge on any atom is 0.306 e. The van der Waals surface area contributed by atoms with Crippen molar-refractivity contribution in [2.45, 2.75) is 135 Å². The predicted molar refractivity (Wildman–Crippen MR) is 203 cm³/mol. The smallest absolute Gasteiger partial charge is 0.306 e. The Morgan fingerprint density at radius 2 is 1.34 bits per heavy atom. The van der Waals surface area contributed by atoms with Crippen LogP contribution in [0.1, 0.15) is 117 Å². The van der Waals surface area contributed by atoms with E-state index < -0.39 is 0 Å². The minimum Gasteiger partial charge on any atom is -0.462 e. The number of nitrogens with two attached hydrogens (primary N) is 3. The van der Waals surface area contributed by atoms with Crippen molar-refractivity contribution in [1.29, 1.82) is 0 Å². The Bertz CT molecular complexity index is 1240. The Hall–Kier alpha value is -2.28. The molecule has 4 fully saturated rings. The summed E-state index contributed by atoms with van der Waals surface area (Å²) >= 11 is 0. The summed E-state index contributed by atoms with van der Waals surface area (Å²) in [6.45, 7) is 9.35. The Morgan fingerprint density at radius 1 is 0.736 bits per heavy atom. The predicted octanol–water partition coefficient (Wildman–Crippen LogP) is 4.48. The molecule has 11 atom stereocenters. The van der Waals surface area contributed by atoms with Crippen molar-refractivity contribution in [2.75, 3.05) is 53.9 Å². The Balaban J connectivity index is 1.63. The highest BCUT2D eigenvalue weighted by molar-refractivity contribution is 5.70. The van der Waals surface area contributed by atoms with Crippen LogP contribution in [0.25, 0.3) is 0 Å². The average Bonchev–Trinajstić information content (AvgIpc) is 3.46. The molecule has 0 amide bonds. The van der Waals surface area contributed by atoms with Gasteiger partial charge in [0.1, 0.15) is 31.5 Å². The Kier molecular flexibility index (Phi) is 15.6. The molecule has 0 heterocycles. The lowest BCUT2D eigenvalue weighted by atomic mass is 9.43. The largest absolute Gasteiger partial charge is 0.462 e. The van der Waals surface area contributed by atoms with Gasteiger partial charge in [-0.25, -0.2) is 0 Å². The number of hydrogen-bond acceptors (Lipinski definition) is 11. The lowest BCUT2D eigenvalue weighted by molar-refractivity contribution is -0.870. The molecule has 0 unspecified atom stereocenters. The minimum atomic E-state index is -0.368. The van der Waals surface area contributed by atoms with E-state index in [-0.39, 0.29) is 101 Å². The number of esters is 4. The molecule has 0 aromatic rings. The molecular formula is C41H73N4O8+. The van der Waals surface area contributed by atoms with Crippen LogP contribution >= 0.6 is 0 Å². The van der Waals surface area contributed by atoms with Gasteiger partial charge in [-0.3, -0.25) is 19.2 Å². The number of quaternary nitrogens is 1. The summed E-state index contributed by atoms with van der Waals surface area (Å²) in [6.07, 6.45) is 8.54. The zero-order valence-electron chi connectivity index (χ0n) is 33.8. The van der Waals surface area contributed by atoms with E-state index in [1.807, 2.05) is 0 Å². The monoisotopic (exact) mass is 750 g/mol. The first-order valence-corrected chi connectivity index (χ1v) is 20.7. The van der Waals surface area contributed by atoms with Crippen molar-refractivity contribution in [3.63, 3.8) is 0 Å². The molecule has 0 bridgehead atoms. The fourth-order valence-electron chi connectivity index (χ4n) is 10.9. The van der Waals surface area contributed by atoms with Crippen LogP contribution in [0.15, 0.2) is 0 Å². The molecule has 0 aliphatic heterocycles. The van der Waals surface area contributed by atoms with E-state index >= 15 is 0 Å². The van der Waals surface area contributed by atoms with Crippen LogP contribution in [0.5, 0.6) is 0 Å². The van der Waals surface area contributed by atoms with Crippen LogP contribution in [0.2, 0.25) is 0 Å². The van der Waals surface area contributed by atoms with Gasteiger partial charge < -0.3 is 40.6 Å². The quantitative estimate of drug-likeness (QED) is 0.0962. The highest BCUT2D eigenvalue weighted by Gasteiger charge is 2.67. The van der Waals surface area contributed by atoms with Crippen molar-refractivity contribution in [3.05, 3.63) is 0 Å². The number of ether oxygens (including phenoxy) is 4. The molecule has 4 aliphatic rings. The standard InChI is InChI=1S/C41H73N4O8/c1-27(13-16-35(46)50-23-22-45(4,5)6)30-14-15-31-39-32(26-34(41(30,31)3)53-38(49)12-9-21-44)40(2)18-17-29(51-36(47)10-7-19-42)24-28(40)25-33(39)52-37(48)11-8-20-43/h27-34,39H,7-26,42-44H2,1-6H3/q+1/t27-,28+,29-,30-,31+,32+,33-,34+,39+,40+,41-/m1/s1. The van der Waals surface area contributed by atoms with Crippen molar-refractivity contribution in [2.24, 2.45) is 63.5 Å². The van der Waals surface area contributed by atoms with E-state index in [9.17, 15) is 19.2 Å². The third-order valence-electron chi connectivity index (χ3n) is 13.9. The Labute approximate surface area is 318 Å². The number of carbonyl (C=O) groups excluding carboxylic acids is 4. The van der Waals surface area contributed by atoms with Gasteiger partial charge in [0.15, 0.2) is 0 Å². The maximum absolute atomic E-state index is 13.4. The van der Waals surface area contributed by atoms with Crippen LogP contribution in [0, 0.1) is 46.3 Å². The van der Waals surface area contributed by atoms with Crippen molar-refractivity contribution >= 4 is 23.9 Å². The second-order valence-corrected chi connectivity index (χ2v) is 18.3. The topological polar surface area (TPSA) is 183 Å². The molecule has 6 N–H and O–H groups in total. The third-order valence-corrected chi connectivity index (χ3v) is 13.9. The van der Waals surface area contributed by atoms with Gasteiger partial charge in [0.2, 0.25) is 0 Å². The highest BCUT2D eigenvalue weighted by atomic mass is 16.6. The van der Waals surface area contributed by atoms with E-state index in [0.717, 1.165) is 49.6 Å². The summed E-state index contributed by atoms with van der Waals surface area (Å²) in [6, 6.07) is 0. The van der Waals surface area contributed by atoms with Crippen LogP contribution < -0.4 is 17.2 Å². The number of nitrogens with zero attached hydrogens (tertiary/aromatic N) is 1. The molecule has 12 heteroatoms. The first-order chi connectivity index (χ1) is 25.1. The second kappa shape index (κ2) is 19.0. The molecule has 0 radical (unpaired) electrons. The summed E-state index contributed by atoms with van der Waals surface area (Å²) in [5.74, 6) is 0.187. The molecular weight excluding hydrogens is 676 g/mol. The normalized spacial score (nSPS) is 34.2. The molecule has 0 saturated heterocycles. The summed E-state index contributed by atoms with van der Waals surface area (Å²) in [7, 11) is 6.23. The number of hydrogen-bond donors (Lipinski definition) is 3. The van der Waals surface area contributed by atoms with Crippen molar-refractivity contribution in [3.8, 4) is 0 Å². The van der Waals surface area contributed by atoms with Crippen LogP contribution in [0.4, 0.5) is 0 Å². The molecule has 12 nitrogen and oxygen atoms in total. The maximum atomic E-state index is 13.4. The molecule has 304 valence electrons. The van der Waals surface area contributed by atoms with Crippen LogP contribution in [-0.4, -0.2) is 101 Å². The van der Waals surface area contributed by atoms with E-state index in [0.29, 0.717) is 71.2 Å². The number of likely N-dealkylation sites (N-methyl/N-ethyl adjacent to an activating group) is 1. The van der Waals surface area contributed by atoms with E-state index in [4.69, 9.17) is 36.1 Å². The highest BCUT2D eigenvalue weighted by Crippen LogP contribution is 2.69. The van der Waals surface area contributed by atoms with Gasteiger partial charge in [0.25, 0.3) is 0 Å². The lowest BCUT2D eigenvalue weighted by Crippen LogP contribution is -2.63. The molecule has 0 aromatic heterocycles. The number of rotatable bonds is 19. The zero-order valence-corrected chi connectivity index (χ0v) is 33.8. The average molecular weight is 750 g/mol. The van der Waals surface area contributed by atoms with Gasteiger partial charge in [-0.05, 0) is 125 Å². The molecule has 4 rings (SSSR count). The minimum absolute atomic E-state index is 0.100. The van der Waals surface area contributed by atoms with Crippen molar-refractivity contribution in [1.82, 2.24) is 0 Å². The third kappa shape index (κ3) is 10.7. The second-order valence-electron chi connectivity index (χ2n) is 18.3. The van der Waals surface area contributed by atoms with E-state index in [1.165, 1.54) is 0 Å². The lowest BCUT2D eigenvalue weighted by Gasteiger charge is -2.64. The van der Waals surface area contributed by atoms with Crippen LogP contribution in [0.3, 0.4) is 0 Å². The Morgan fingerprint density at radius 3 is 1.94 bits per heavy atom. The van der Waals surface area contributed by atoms with Gasteiger partial charge in [-0.2, -0.15) is 0 Å². The fraction of sp³-hybridized carbons (Fsp3) is 0.902.